The van der Waals surface area contributed by atoms with Gasteiger partial charge in [0, 0.05) is 5.69 Å². The molecule has 0 aliphatic rings. The van der Waals surface area contributed by atoms with E-state index in [1.54, 1.807) is 0 Å². The molecular formula is C9H6Cl2F3NO2. The molecule has 94 valence electrons. The maximum Gasteiger partial charge on any atom is 0.397 e. The summed E-state index contributed by atoms with van der Waals surface area (Å²) in [5, 5.41) is 10.8. The van der Waals surface area contributed by atoms with Crippen LogP contribution < -0.4 is 5.32 Å². The lowest BCUT2D eigenvalue weighted by atomic mass is 10.3. The lowest BCUT2D eigenvalue weighted by Crippen LogP contribution is -2.21. The van der Waals surface area contributed by atoms with Crippen LogP contribution in [-0.2, 0) is 4.79 Å². The number of carbonyl (C=O) groups excluding carboxylic acids is 1. The zero-order valence-corrected chi connectivity index (χ0v) is 9.62. The van der Waals surface area contributed by atoms with Crippen LogP contribution in [0.25, 0.3) is 0 Å². The summed E-state index contributed by atoms with van der Waals surface area (Å²) in [5.41, 5.74) is -0.0212. The van der Waals surface area contributed by atoms with Gasteiger partial charge < -0.3 is 10.4 Å². The first kappa shape index (κ1) is 13.9. The molecule has 2 N–H and O–H groups in total. The van der Waals surface area contributed by atoms with Crippen LogP contribution in [0, 0.1) is 0 Å². The molecule has 0 aromatic heterocycles. The molecule has 1 aromatic carbocycles. The number of carbonyl (C=O) groups is 1. The molecule has 0 bridgehead atoms. The lowest BCUT2D eigenvalue weighted by molar-refractivity contribution is -0.150. The van der Waals surface area contributed by atoms with Crippen molar-refractivity contribution in [2.75, 3.05) is 5.32 Å². The van der Waals surface area contributed by atoms with E-state index < -0.39 is 24.3 Å². The first-order chi connectivity index (χ1) is 7.69. The molecule has 17 heavy (non-hydrogen) atoms. The van der Waals surface area contributed by atoms with E-state index in [-0.39, 0.29) is 15.7 Å². The molecule has 1 amide bonds. The molecule has 0 saturated carbocycles. The zero-order chi connectivity index (χ0) is 13.2. The quantitative estimate of drug-likeness (QED) is 0.817. The van der Waals surface area contributed by atoms with Gasteiger partial charge in [0.2, 0.25) is 5.91 Å². The number of alkyl halides is 3. The van der Waals surface area contributed by atoms with Crippen LogP contribution in [0.5, 0.6) is 5.75 Å². The van der Waals surface area contributed by atoms with Crippen molar-refractivity contribution in [2.45, 2.75) is 12.6 Å². The Morgan fingerprint density at radius 3 is 2.18 bits per heavy atom. The summed E-state index contributed by atoms with van der Waals surface area (Å²) < 4.78 is 35.6. The number of benzene rings is 1. The van der Waals surface area contributed by atoms with Crippen molar-refractivity contribution in [1.82, 2.24) is 0 Å². The minimum Gasteiger partial charge on any atom is -0.505 e. The number of amides is 1. The molecule has 0 aliphatic carbocycles. The summed E-state index contributed by atoms with van der Waals surface area (Å²) in [6, 6.07) is 2.19. The minimum atomic E-state index is -4.59. The average molecular weight is 288 g/mol. The number of nitrogens with one attached hydrogen (secondary N) is 1. The molecule has 0 radical (unpaired) electrons. The monoisotopic (exact) mass is 287 g/mol. The number of aromatic hydroxyl groups is 1. The Balaban J connectivity index is 2.79. The third-order valence-corrected chi connectivity index (χ3v) is 2.24. The molecule has 0 heterocycles. The maximum absolute atomic E-state index is 11.9. The van der Waals surface area contributed by atoms with Crippen molar-refractivity contribution >= 4 is 34.8 Å². The molecule has 0 saturated heterocycles. The molecule has 8 heteroatoms. The Morgan fingerprint density at radius 1 is 1.29 bits per heavy atom. The average Bonchev–Trinajstić information content (AvgIpc) is 2.10. The van der Waals surface area contributed by atoms with Crippen LogP contribution in [0.3, 0.4) is 0 Å². The zero-order valence-electron chi connectivity index (χ0n) is 8.11. The Labute approximate surface area is 104 Å². The summed E-state index contributed by atoms with van der Waals surface area (Å²) in [7, 11) is 0. The number of halogens is 5. The number of phenolic OH excluding ortho intramolecular Hbond substituents is 1. The molecular weight excluding hydrogens is 282 g/mol. The second-order valence-corrected chi connectivity index (χ2v) is 3.94. The van der Waals surface area contributed by atoms with Crippen molar-refractivity contribution in [3.63, 3.8) is 0 Å². The van der Waals surface area contributed by atoms with Gasteiger partial charge in [0.15, 0.2) is 5.75 Å². The Kier molecular flexibility index (Phi) is 4.11. The second kappa shape index (κ2) is 5.01. The summed E-state index contributed by atoms with van der Waals surface area (Å²) in [4.78, 5) is 11.0. The molecule has 0 unspecified atom stereocenters. The first-order valence-corrected chi connectivity index (χ1v) is 4.99. The normalized spacial score (nSPS) is 11.4. The maximum atomic E-state index is 11.9. The van der Waals surface area contributed by atoms with Gasteiger partial charge in [-0.3, -0.25) is 4.79 Å². The van der Waals surface area contributed by atoms with Crippen molar-refractivity contribution in [3.8, 4) is 5.75 Å². The van der Waals surface area contributed by atoms with Gasteiger partial charge in [-0.2, -0.15) is 13.2 Å². The van der Waals surface area contributed by atoms with Crippen LogP contribution in [0.2, 0.25) is 10.0 Å². The van der Waals surface area contributed by atoms with Gasteiger partial charge in [-0.1, -0.05) is 23.2 Å². The van der Waals surface area contributed by atoms with E-state index in [2.05, 4.69) is 0 Å². The summed E-state index contributed by atoms with van der Waals surface area (Å²) >= 11 is 11.1. The Bertz CT molecular complexity index is 425. The van der Waals surface area contributed by atoms with Gasteiger partial charge in [-0.15, -0.1) is 0 Å². The smallest absolute Gasteiger partial charge is 0.397 e. The van der Waals surface area contributed by atoms with E-state index >= 15 is 0 Å². The molecule has 3 nitrogen and oxygen atoms in total. The van der Waals surface area contributed by atoms with Gasteiger partial charge in [0.05, 0.1) is 10.0 Å². The second-order valence-electron chi connectivity index (χ2n) is 3.13. The highest BCUT2D eigenvalue weighted by molar-refractivity contribution is 6.37. The molecule has 1 aromatic rings. The molecule has 0 atom stereocenters. The molecule has 0 aliphatic heterocycles. The highest BCUT2D eigenvalue weighted by Gasteiger charge is 2.31. The van der Waals surface area contributed by atoms with Crippen molar-refractivity contribution in [2.24, 2.45) is 0 Å². The number of hydrogen-bond donors (Lipinski definition) is 2. The Hall–Kier alpha value is -1.14. The van der Waals surface area contributed by atoms with E-state index in [1.807, 2.05) is 5.32 Å². The molecule has 0 fully saturated rings. The fourth-order valence-electron chi connectivity index (χ4n) is 1.02. The van der Waals surface area contributed by atoms with E-state index in [0.29, 0.717) is 0 Å². The fourth-order valence-corrected chi connectivity index (χ4v) is 1.51. The predicted molar refractivity (Wildman–Crippen MR) is 57.4 cm³/mol. The third kappa shape index (κ3) is 4.32. The SMILES string of the molecule is O=C(CC(F)(F)F)Nc1cc(Cl)c(O)c(Cl)c1. The number of anilines is 1. The van der Waals surface area contributed by atoms with E-state index in [1.165, 1.54) is 0 Å². The van der Waals surface area contributed by atoms with Crippen molar-refractivity contribution < 1.29 is 23.1 Å². The lowest BCUT2D eigenvalue weighted by Gasteiger charge is -2.09. The van der Waals surface area contributed by atoms with E-state index in [9.17, 15) is 23.1 Å². The van der Waals surface area contributed by atoms with Gasteiger partial charge in [-0.05, 0) is 12.1 Å². The summed E-state index contributed by atoms with van der Waals surface area (Å²) in [6.07, 6.45) is -6.20. The molecule has 0 spiro atoms. The van der Waals surface area contributed by atoms with Crippen molar-refractivity contribution in [1.29, 1.82) is 0 Å². The minimum absolute atomic E-state index is 0.0212. The van der Waals surface area contributed by atoms with Crippen LogP contribution in [-0.4, -0.2) is 17.2 Å². The van der Waals surface area contributed by atoms with Crippen LogP contribution >= 0.6 is 23.2 Å². The standard InChI is InChI=1S/C9H6Cl2F3NO2/c10-5-1-4(2-6(11)8(5)17)15-7(16)3-9(12,13)14/h1-2,17H,3H2,(H,15,16). The van der Waals surface area contributed by atoms with Crippen LogP contribution in [0.4, 0.5) is 18.9 Å². The molecule has 1 rings (SSSR count). The summed E-state index contributed by atoms with van der Waals surface area (Å²) in [5.74, 6) is -1.64. The van der Waals surface area contributed by atoms with Crippen LogP contribution in [0.15, 0.2) is 12.1 Å². The van der Waals surface area contributed by atoms with Gasteiger partial charge >= 0.3 is 6.18 Å². The van der Waals surface area contributed by atoms with Gasteiger partial charge in [-0.25, -0.2) is 0 Å². The van der Waals surface area contributed by atoms with E-state index in [0.717, 1.165) is 12.1 Å². The third-order valence-electron chi connectivity index (χ3n) is 1.66. The number of rotatable bonds is 2. The van der Waals surface area contributed by atoms with E-state index in [4.69, 9.17) is 23.2 Å². The number of hydrogen-bond acceptors (Lipinski definition) is 2. The predicted octanol–water partition coefficient (Wildman–Crippen LogP) is 3.59. The highest BCUT2D eigenvalue weighted by Crippen LogP contribution is 2.34. The number of phenols is 1. The highest BCUT2D eigenvalue weighted by atomic mass is 35.5. The summed E-state index contributed by atoms with van der Waals surface area (Å²) in [6.45, 7) is 0. The topological polar surface area (TPSA) is 49.3 Å². The Morgan fingerprint density at radius 2 is 1.76 bits per heavy atom. The fraction of sp³-hybridized carbons (Fsp3) is 0.222. The largest absolute Gasteiger partial charge is 0.505 e. The first-order valence-electron chi connectivity index (χ1n) is 4.23. The van der Waals surface area contributed by atoms with Gasteiger partial charge in [0.1, 0.15) is 6.42 Å². The van der Waals surface area contributed by atoms with Crippen LogP contribution in [0.1, 0.15) is 6.42 Å². The van der Waals surface area contributed by atoms with Gasteiger partial charge in [0.25, 0.3) is 0 Å². The van der Waals surface area contributed by atoms with Crippen molar-refractivity contribution in [3.05, 3.63) is 22.2 Å².